The van der Waals surface area contributed by atoms with Gasteiger partial charge in [-0.1, -0.05) is 0 Å². The third kappa shape index (κ3) is 1.94. The molecule has 82 valence electrons. The number of aromatic nitrogens is 1. The Hall–Kier alpha value is -0.810. The Kier molecular flexibility index (Phi) is 2.60. The number of ether oxygens (including phenoxy) is 1. The summed E-state index contributed by atoms with van der Waals surface area (Å²) in [5.41, 5.74) is 0.444. The van der Waals surface area contributed by atoms with Gasteiger partial charge in [0.2, 0.25) is 0 Å². The zero-order valence-corrected chi connectivity index (χ0v) is 10.3. The van der Waals surface area contributed by atoms with Crippen molar-refractivity contribution in [2.75, 3.05) is 20.2 Å². The van der Waals surface area contributed by atoms with Gasteiger partial charge in [-0.25, -0.2) is 0 Å². The minimum Gasteiger partial charge on any atom is -0.375 e. The lowest BCUT2D eigenvalue weighted by molar-refractivity contribution is -0.0948. The lowest BCUT2D eigenvalue weighted by atomic mass is 9.96. The van der Waals surface area contributed by atoms with Gasteiger partial charge in [-0.2, -0.15) is 0 Å². The summed E-state index contributed by atoms with van der Waals surface area (Å²) in [6, 6.07) is 1.78. The number of nitrogens with one attached hydrogen (secondary N) is 1. The summed E-state index contributed by atoms with van der Waals surface area (Å²) in [5.74, 6) is 0.0234. The molecule has 15 heavy (non-hydrogen) atoms. The maximum absolute atomic E-state index is 11.9. The van der Waals surface area contributed by atoms with Crippen molar-refractivity contribution in [1.82, 2.24) is 9.88 Å². The number of halogens is 1. The summed E-state index contributed by atoms with van der Waals surface area (Å²) < 4.78 is 6.17. The smallest absolute Gasteiger partial charge is 0.270 e. The van der Waals surface area contributed by atoms with E-state index in [0.717, 1.165) is 4.47 Å². The number of methoxy groups -OCH3 is 1. The first kappa shape index (κ1) is 10.7. The van der Waals surface area contributed by atoms with E-state index in [-0.39, 0.29) is 11.5 Å². The number of amides is 1. The minimum absolute atomic E-state index is 0.0234. The fraction of sp³-hybridized carbons (Fsp3) is 0.500. The van der Waals surface area contributed by atoms with Crippen LogP contribution in [0.5, 0.6) is 0 Å². The van der Waals surface area contributed by atoms with Crippen LogP contribution in [-0.4, -0.2) is 41.6 Å². The van der Waals surface area contributed by atoms with Crippen LogP contribution in [0.3, 0.4) is 0 Å². The second-order valence-corrected chi connectivity index (χ2v) is 4.96. The van der Waals surface area contributed by atoms with Crippen LogP contribution in [-0.2, 0) is 4.74 Å². The predicted octanol–water partition coefficient (Wildman–Crippen LogP) is 1.64. The molecular formula is C10H13BrN2O2. The summed E-state index contributed by atoms with van der Waals surface area (Å²) >= 11 is 3.30. The molecule has 1 saturated heterocycles. The third-order valence-corrected chi connectivity index (χ3v) is 3.17. The predicted molar refractivity (Wildman–Crippen MR) is 59.8 cm³/mol. The van der Waals surface area contributed by atoms with E-state index in [1.807, 2.05) is 6.92 Å². The van der Waals surface area contributed by atoms with Crippen LogP contribution in [0.2, 0.25) is 0 Å². The molecule has 1 N–H and O–H groups in total. The first-order valence-electron chi connectivity index (χ1n) is 4.72. The van der Waals surface area contributed by atoms with Gasteiger partial charge in [0.25, 0.3) is 5.91 Å². The van der Waals surface area contributed by atoms with E-state index in [1.165, 1.54) is 0 Å². The van der Waals surface area contributed by atoms with Gasteiger partial charge in [-0.15, -0.1) is 0 Å². The van der Waals surface area contributed by atoms with Crippen molar-refractivity contribution in [1.29, 1.82) is 0 Å². The van der Waals surface area contributed by atoms with Crippen molar-refractivity contribution in [2.45, 2.75) is 12.5 Å². The Morgan fingerprint density at radius 1 is 1.67 bits per heavy atom. The van der Waals surface area contributed by atoms with Crippen LogP contribution >= 0.6 is 15.9 Å². The lowest BCUT2D eigenvalue weighted by Crippen LogP contribution is -2.62. The SMILES string of the molecule is COC1(C)CN(C(=O)c2cc(Br)c[nH]2)C1. The second-order valence-electron chi connectivity index (χ2n) is 4.05. The number of likely N-dealkylation sites (tertiary alicyclic amines) is 1. The molecule has 0 aromatic carbocycles. The van der Waals surface area contributed by atoms with E-state index >= 15 is 0 Å². The van der Waals surface area contributed by atoms with E-state index in [0.29, 0.717) is 18.8 Å². The molecular weight excluding hydrogens is 260 g/mol. The molecule has 0 aliphatic carbocycles. The van der Waals surface area contributed by atoms with Gasteiger partial charge in [-0.3, -0.25) is 4.79 Å². The normalized spacial score (nSPS) is 18.7. The lowest BCUT2D eigenvalue weighted by Gasteiger charge is -2.46. The molecule has 1 aromatic rings. The third-order valence-electron chi connectivity index (χ3n) is 2.71. The summed E-state index contributed by atoms with van der Waals surface area (Å²) in [6.07, 6.45) is 1.75. The van der Waals surface area contributed by atoms with Gasteiger partial charge < -0.3 is 14.6 Å². The molecule has 1 aliphatic heterocycles. The number of rotatable bonds is 2. The second kappa shape index (κ2) is 3.64. The molecule has 2 heterocycles. The Balaban J connectivity index is 2.00. The number of hydrogen-bond donors (Lipinski definition) is 1. The van der Waals surface area contributed by atoms with Crippen LogP contribution in [0, 0.1) is 0 Å². The maximum Gasteiger partial charge on any atom is 0.270 e. The quantitative estimate of drug-likeness (QED) is 0.890. The average molecular weight is 273 g/mol. The molecule has 1 aliphatic rings. The van der Waals surface area contributed by atoms with Crippen LogP contribution in [0.4, 0.5) is 0 Å². The van der Waals surface area contributed by atoms with Crippen molar-refractivity contribution < 1.29 is 9.53 Å². The zero-order chi connectivity index (χ0) is 11.1. The van der Waals surface area contributed by atoms with E-state index in [2.05, 4.69) is 20.9 Å². The Bertz CT molecular complexity index is 383. The van der Waals surface area contributed by atoms with Crippen molar-refractivity contribution in [3.63, 3.8) is 0 Å². The Morgan fingerprint density at radius 3 is 2.80 bits per heavy atom. The van der Waals surface area contributed by atoms with Crippen LogP contribution in [0.25, 0.3) is 0 Å². The van der Waals surface area contributed by atoms with Crippen molar-refractivity contribution >= 4 is 21.8 Å². The van der Waals surface area contributed by atoms with Crippen LogP contribution in [0.1, 0.15) is 17.4 Å². The van der Waals surface area contributed by atoms with E-state index in [1.54, 1.807) is 24.3 Å². The highest BCUT2D eigenvalue weighted by Crippen LogP contribution is 2.25. The molecule has 1 fully saturated rings. The molecule has 5 heteroatoms. The standard InChI is InChI=1S/C10H13BrN2O2/c1-10(15-2)5-13(6-10)9(14)8-3-7(11)4-12-8/h3-4,12H,5-6H2,1-2H3. The largest absolute Gasteiger partial charge is 0.375 e. The minimum atomic E-state index is -0.167. The number of hydrogen-bond acceptors (Lipinski definition) is 2. The van der Waals surface area contributed by atoms with Crippen LogP contribution in [0.15, 0.2) is 16.7 Å². The van der Waals surface area contributed by atoms with Crippen molar-refractivity contribution in [2.24, 2.45) is 0 Å². The Labute approximate surface area is 96.7 Å². The number of carbonyl (C=O) groups is 1. The first-order valence-corrected chi connectivity index (χ1v) is 5.52. The number of aromatic amines is 1. The van der Waals surface area contributed by atoms with Crippen molar-refractivity contribution in [3.05, 3.63) is 22.4 Å². The molecule has 0 spiro atoms. The molecule has 0 unspecified atom stereocenters. The fourth-order valence-electron chi connectivity index (χ4n) is 1.70. The van der Waals surface area contributed by atoms with Gasteiger partial charge in [-0.05, 0) is 28.9 Å². The monoisotopic (exact) mass is 272 g/mol. The van der Waals surface area contributed by atoms with Gasteiger partial charge in [0.05, 0.1) is 13.1 Å². The van der Waals surface area contributed by atoms with Crippen molar-refractivity contribution in [3.8, 4) is 0 Å². The highest BCUT2D eigenvalue weighted by Gasteiger charge is 2.41. The molecule has 4 nitrogen and oxygen atoms in total. The average Bonchev–Trinajstić information content (AvgIpc) is 2.59. The highest BCUT2D eigenvalue weighted by molar-refractivity contribution is 9.10. The van der Waals surface area contributed by atoms with Gasteiger partial charge in [0, 0.05) is 17.8 Å². The number of nitrogens with zero attached hydrogens (tertiary/aromatic N) is 1. The Morgan fingerprint density at radius 2 is 2.33 bits per heavy atom. The summed E-state index contributed by atoms with van der Waals surface area (Å²) in [6.45, 7) is 3.30. The van der Waals surface area contributed by atoms with E-state index in [4.69, 9.17) is 4.74 Å². The van der Waals surface area contributed by atoms with E-state index < -0.39 is 0 Å². The van der Waals surface area contributed by atoms with Gasteiger partial charge >= 0.3 is 0 Å². The molecule has 1 amide bonds. The molecule has 0 saturated carbocycles. The maximum atomic E-state index is 11.9. The summed E-state index contributed by atoms with van der Waals surface area (Å²) in [5, 5.41) is 0. The molecule has 2 rings (SSSR count). The number of carbonyl (C=O) groups excluding carboxylic acids is 1. The summed E-state index contributed by atoms with van der Waals surface area (Å²) in [4.78, 5) is 16.5. The molecule has 0 atom stereocenters. The molecule has 1 aromatic heterocycles. The first-order chi connectivity index (χ1) is 7.04. The number of H-pyrrole nitrogens is 1. The van der Waals surface area contributed by atoms with Crippen LogP contribution < -0.4 is 0 Å². The molecule has 0 radical (unpaired) electrons. The van der Waals surface area contributed by atoms with Gasteiger partial charge in [0.15, 0.2) is 0 Å². The van der Waals surface area contributed by atoms with E-state index in [9.17, 15) is 4.79 Å². The fourth-order valence-corrected chi connectivity index (χ4v) is 2.04. The topological polar surface area (TPSA) is 45.3 Å². The van der Waals surface area contributed by atoms with Gasteiger partial charge in [0.1, 0.15) is 11.3 Å². The zero-order valence-electron chi connectivity index (χ0n) is 8.71. The molecule has 0 bridgehead atoms. The summed E-state index contributed by atoms with van der Waals surface area (Å²) in [7, 11) is 1.67. The highest BCUT2D eigenvalue weighted by atomic mass is 79.9.